The van der Waals surface area contributed by atoms with E-state index in [0.717, 1.165) is 0 Å². The van der Waals surface area contributed by atoms with Crippen molar-refractivity contribution in [3.05, 3.63) is 34.4 Å². The van der Waals surface area contributed by atoms with Crippen LogP contribution >= 0.6 is 0 Å². The lowest BCUT2D eigenvalue weighted by Crippen LogP contribution is -2.28. The highest BCUT2D eigenvalue weighted by atomic mass is 16.6. The van der Waals surface area contributed by atoms with Crippen molar-refractivity contribution in [2.45, 2.75) is 13.3 Å². The summed E-state index contributed by atoms with van der Waals surface area (Å²) in [6, 6.07) is 5.85. The number of hydrogen-bond acceptors (Lipinski definition) is 5. The van der Waals surface area contributed by atoms with Gasteiger partial charge in [-0.3, -0.25) is 14.9 Å². The van der Waals surface area contributed by atoms with Crippen molar-refractivity contribution in [2.75, 3.05) is 11.6 Å². The molecule has 7 heteroatoms. The number of hydrogen-bond donors (Lipinski definition) is 1. The molecule has 1 unspecified atom stereocenters. The van der Waals surface area contributed by atoms with Crippen molar-refractivity contribution >= 4 is 23.0 Å². The minimum atomic E-state index is -0.502. The van der Waals surface area contributed by atoms with Crippen LogP contribution < -0.4 is 10.7 Å². The van der Waals surface area contributed by atoms with E-state index in [4.69, 9.17) is 5.73 Å². The van der Waals surface area contributed by atoms with E-state index in [9.17, 15) is 14.9 Å². The van der Waals surface area contributed by atoms with Crippen LogP contribution in [0.2, 0.25) is 0 Å². The Bertz CT molecular complexity index is 556. The fourth-order valence-corrected chi connectivity index (χ4v) is 2.03. The predicted octanol–water partition coefficient (Wildman–Crippen LogP) is 1.28. The van der Waals surface area contributed by atoms with E-state index in [1.807, 2.05) is 0 Å². The first-order chi connectivity index (χ1) is 9.04. The van der Waals surface area contributed by atoms with Crippen LogP contribution in [-0.4, -0.2) is 23.1 Å². The highest BCUT2D eigenvalue weighted by Gasteiger charge is 2.33. The number of nitro benzene ring substituents is 1. The summed E-state index contributed by atoms with van der Waals surface area (Å²) < 4.78 is 0. The molecule has 0 saturated heterocycles. The summed E-state index contributed by atoms with van der Waals surface area (Å²) in [7, 11) is 0. The minimum absolute atomic E-state index is 0.0690. The molecule has 1 aromatic rings. The number of nitrogens with two attached hydrogens (primary N) is 1. The third-order valence-corrected chi connectivity index (χ3v) is 3.01. The Morgan fingerprint density at radius 1 is 1.53 bits per heavy atom. The van der Waals surface area contributed by atoms with Gasteiger partial charge in [0.15, 0.2) is 0 Å². The second-order valence-corrected chi connectivity index (χ2v) is 4.30. The van der Waals surface area contributed by atoms with E-state index >= 15 is 0 Å². The Morgan fingerprint density at radius 3 is 2.89 bits per heavy atom. The lowest BCUT2D eigenvalue weighted by atomic mass is 10.0. The number of carbonyl (C=O) groups is 1. The first kappa shape index (κ1) is 13.2. The van der Waals surface area contributed by atoms with Crippen LogP contribution in [0, 0.1) is 16.0 Å². The summed E-state index contributed by atoms with van der Waals surface area (Å²) in [4.78, 5) is 22.4. The van der Waals surface area contributed by atoms with Crippen molar-refractivity contribution in [3.8, 4) is 0 Å². The van der Waals surface area contributed by atoms with Gasteiger partial charge in [-0.2, -0.15) is 10.1 Å². The topological polar surface area (TPSA) is 102 Å². The average Bonchev–Trinajstić information content (AvgIpc) is 2.67. The maximum atomic E-state index is 12.2. The summed E-state index contributed by atoms with van der Waals surface area (Å²) in [6.45, 7) is 2.15. The van der Waals surface area contributed by atoms with Crippen molar-refractivity contribution in [1.29, 1.82) is 0 Å². The standard InChI is InChI=1S/C12H14N4O3/c1-8-11(5-6-13)12(17)15(14-8)9-3-2-4-10(7-9)16(18)19/h2-4,7,11H,5-6,13H2,1H3. The summed E-state index contributed by atoms with van der Waals surface area (Å²) >= 11 is 0. The SMILES string of the molecule is CC1=NN(c2cccc([N+](=O)[O-])c2)C(=O)C1CCN. The van der Waals surface area contributed by atoms with E-state index in [1.54, 1.807) is 13.0 Å². The van der Waals surface area contributed by atoms with Crippen LogP contribution in [0.1, 0.15) is 13.3 Å². The van der Waals surface area contributed by atoms with E-state index in [2.05, 4.69) is 5.10 Å². The molecule has 1 aromatic carbocycles. The summed E-state index contributed by atoms with van der Waals surface area (Å²) in [5, 5.41) is 16.1. The number of non-ortho nitro benzene ring substituents is 1. The lowest BCUT2D eigenvalue weighted by molar-refractivity contribution is -0.384. The molecule has 1 aliphatic heterocycles. The quantitative estimate of drug-likeness (QED) is 0.652. The number of hydrazone groups is 1. The lowest BCUT2D eigenvalue weighted by Gasteiger charge is -2.13. The second-order valence-electron chi connectivity index (χ2n) is 4.30. The normalized spacial score (nSPS) is 18.6. The molecule has 0 saturated carbocycles. The highest BCUT2D eigenvalue weighted by Crippen LogP contribution is 2.27. The molecule has 2 rings (SSSR count). The van der Waals surface area contributed by atoms with Gasteiger partial charge in [0, 0.05) is 17.8 Å². The second kappa shape index (κ2) is 5.15. The van der Waals surface area contributed by atoms with Crippen LogP contribution in [0.3, 0.4) is 0 Å². The van der Waals surface area contributed by atoms with Gasteiger partial charge in [-0.05, 0) is 26.0 Å². The molecule has 0 bridgehead atoms. The minimum Gasteiger partial charge on any atom is -0.330 e. The molecule has 0 radical (unpaired) electrons. The van der Waals surface area contributed by atoms with Gasteiger partial charge in [0.25, 0.3) is 11.6 Å². The van der Waals surface area contributed by atoms with Crippen molar-refractivity contribution < 1.29 is 9.72 Å². The number of benzene rings is 1. The van der Waals surface area contributed by atoms with Crippen molar-refractivity contribution in [2.24, 2.45) is 16.8 Å². The van der Waals surface area contributed by atoms with E-state index in [-0.39, 0.29) is 17.5 Å². The maximum absolute atomic E-state index is 12.2. The largest absolute Gasteiger partial charge is 0.330 e. The first-order valence-corrected chi connectivity index (χ1v) is 5.88. The smallest absolute Gasteiger partial charge is 0.271 e. The molecule has 1 amide bonds. The average molecular weight is 262 g/mol. The molecule has 100 valence electrons. The van der Waals surface area contributed by atoms with Gasteiger partial charge >= 0.3 is 0 Å². The maximum Gasteiger partial charge on any atom is 0.271 e. The van der Waals surface area contributed by atoms with Gasteiger partial charge in [-0.15, -0.1) is 0 Å². The van der Waals surface area contributed by atoms with Gasteiger partial charge < -0.3 is 5.73 Å². The predicted molar refractivity (Wildman–Crippen MR) is 70.9 cm³/mol. The Kier molecular flexibility index (Phi) is 3.57. The fourth-order valence-electron chi connectivity index (χ4n) is 2.03. The molecule has 7 nitrogen and oxygen atoms in total. The summed E-state index contributed by atoms with van der Waals surface area (Å²) in [6.07, 6.45) is 0.527. The zero-order valence-corrected chi connectivity index (χ0v) is 10.4. The first-order valence-electron chi connectivity index (χ1n) is 5.88. The van der Waals surface area contributed by atoms with Crippen LogP contribution in [0.25, 0.3) is 0 Å². The molecule has 1 atom stereocenters. The summed E-state index contributed by atoms with van der Waals surface area (Å²) in [5.41, 5.74) is 6.48. The number of rotatable bonds is 4. The fraction of sp³-hybridized carbons (Fsp3) is 0.333. The van der Waals surface area contributed by atoms with Crippen LogP contribution in [-0.2, 0) is 4.79 Å². The van der Waals surface area contributed by atoms with Crippen molar-refractivity contribution in [3.63, 3.8) is 0 Å². The zero-order chi connectivity index (χ0) is 14.0. The van der Waals surface area contributed by atoms with Crippen molar-refractivity contribution in [1.82, 2.24) is 0 Å². The Morgan fingerprint density at radius 2 is 2.26 bits per heavy atom. The number of nitrogens with zero attached hydrogens (tertiary/aromatic N) is 3. The van der Waals surface area contributed by atoms with Gasteiger partial charge in [0.1, 0.15) is 0 Å². The number of nitro groups is 1. The van der Waals surface area contributed by atoms with E-state index < -0.39 is 4.92 Å². The molecule has 0 fully saturated rings. The van der Waals surface area contributed by atoms with Gasteiger partial charge in [-0.25, -0.2) is 0 Å². The Balaban J connectivity index is 2.31. The van der Waals surface area contributed by atoms with Crippen LogP contribution in [0.5, 0.6) is 0 Å². The third-order valence-electron chi connectivity index (χ3n) is 3.01. The molecule has 2 N–H and O–H groups in total. The van der Waals surface area contributed by atoms with Gasteiger partial charge in [-0.1, -0.05) is 6.07 Å². The molecule has 0 spiro atoms. The molecule has 1 aliphatic rings. The Hall–Kier alpha value is -2.28. The Labute approximate surface area is 109 Å². The van der Waals surface area contributed by atoms with E-state index in [0.29, 0.717) is 24.4 Å². The number of anilines is 1. The van der Waals surface area contributed by atoms with Crippen LogP contribution in [0.4, 0.5) is 11.4 Å². The monoisotopic (exact) mass is 262 g/mol. The van der Waals surface area contributed by atoms with Gasteiger partial charge in [0.05, 0.1) is 16.5 Å². The molecule has 1 heterocycles. The summed E-state index contributed by atoms with van der Waals surface area (Å²) in [5.74, 6) is -0.521. The molecule has 0 aliphatic carbocycles. The molecular formula is C12H14N4O3. The van der Waals surface area contributed by atoms with E-state index in [1.165, 1.54) is 23.2 Å². The van der Waals surface area contributed by atoms with Gasteiger partial charge in [0.2, 0.25) is 0 Å². The van der Waals surface area contributed by atoms with Crippen LogP contribution in [0.15, 0.2) is 29.4 Å². The zero-order valence-electron chi connectivity index (χ0n) is 10.4. The number of carbonyl (C=O) groups excluding carboxylic acids is 1. The highest BCUT2D eigenvalue weighted by molar-refractivity contribution is 6.14. The third kappa shape index (κ3) is 2.45. The molecule has 0 aromatic heterocycles. The molecular weight excluding hydrogens is 248 g/mol. The number of amides is 1. The molecule has 19 heavy (non-hydrogen) atoms.